The quantitative estimate of drug-likeness (QED) is 0.757. The lowest BCUT2D eigenvalue weighted by Crippen LogP contribution is -2.12. The van der Waals surface area contributed by atoms with Crippen molar-refractivity contribution in [2.45, 2.75) is 13.1 Å². The minimum Gasteiger partial charge on any atom is -0.496 e. The predicted molar refractivity (Wildman–Crippen MR) is 85.4 cm³/mol. The number of ether oxygens (including phenoxy) is 1. The fourth-order valence-electron chi connectivity index (χ4n) is 2.40. The molecular weight excluding hydrogens is 266 g/mol. The van der Waals surface area contributed by atoms with Crippen molar-refractivity contribution < 1.29 is 4.74 Å². The Balaban J connectivity index is 1.81. The lowest BCUT2D eigenvalue weighted by atomic mass is 10.0. The summed E-state index contributed by atoms with van der Waals surface area (Å²) in [7, 11) is 1.72. The van der Waals surface area contributed by atoms with Crippen LogP contribution >= 0.6 is 11.3 Å². The topological polar surface area (TPSA) is 21.3 Å². The number of rotatable bonds is 5. The fraction of sp³-hybridized carbons (Fsp3) is 0.176. The van der Waals surface area contributed by atoms with Gasteiger partial charge in [0.1, 0.15) is 5.75 Å². The highest BCUT2D eigenvalue weighted by molar-refractivity contribution is 7.07. The third-order valence-corrected chi connectivity index (χ3v) is 4.15. The van der Waals surface area contributed by atoms with E-state index in [0.717, 1.165) is 18.8 Å². The third kappa shape index (κ3) is 2.69. The summed E-state index contributed by atoms with van der Waals surface area (Å²) in [6.07, 6.45) is 0. The molecule has 20 heavy (non-hydrogen) atoms. The molecule has 1 aromatic heterocycles. The van der Waals surface area contributed by atoms with Gasteiger partial charge in [-0.1, -0.05) is 30.3 Å². The molecule has 0 aliphatic heterocycles. The Kier molecular flexibility index (Phi) is 4.00. The Morgan fingerprint density at radius 1 is 1.00 bits per heavy atom. The maximum atomic E-state index is 5.43. The van der Waals surface area contributed by atoms with Crippen LogP contribution in [0.5, 0.6) is 5.75 Å². The van der Waals surface area contributed by atoms with E-state index in [-0.39, 0.29) is 0 Å². The Labute approximate surface area is 123 Å². The second kappa shape index (κ2) is 6.07. The Morgan fingerprint density at radius 2 is 1.85 bits per heavy atom. The number of thiophene rings is 1. The molecule has 0 spiro atoms. The molecule has 0 aliphatic carbocycles. The van der Waals surface area contributed by atoms with Gasteiger partial charge in [0.05, 0.1) is 7.11 Å². The average Bonchev–Trinajstić information content (AvgIpc) is 3.01. The molecule has 2 aromatic carbocycles. The summed E-state index contributed by atoms with van der Waals surface area (Å²) in [5, 5.41) is 10.2. The summed E-state index contributed by atoms with van der Waals surface area (Å²) in [5.41, 5.74) is 2.64. The molecule has 0 unspecified atom stereocenters. The van der Waals surface area contributed by atoms with E-state index >= 15 is 0 Å². The molecule has 0 fully saturated rings. The molecule has 0 saturated heterocycles. The van der Waals surface area contributed by atoms with Crippen LogP contribution in [0, 0.1) is 0 Å². The molecule has 102 valence electrons. The minimum absolute atomic E-state index is 0.861. The zero-order valence-corrected chi connectivity index (χ0v) is 12.2. The van der Waals surface area contributed by atoms with E-state index in [9.17, 15) is 0 Å². The summed E-state index contributed by atoms with van der Waals surface area (Å²) in [6.45, 7) is 1.77. The van der Waals surface area contributed by atoms with Crippen LogP contribution < -0.4 is 10.1 Å². The maximum Gasteiger partial charge on any atom is 0.126 e. The normalized spacial score (nSPS) is 10.8. The monoisotopic (exact) mass is 283 g/mol. The van der Waals surface area contributed by atoms with E-state index < -0.39 is 0 Å². The minimum atomic E-state index is 0.861. The standard InChI is InChI=1S/C17H17NOS/c1-19-17-7-6-14(15-4-2-3-5-16(15)17)11-18-10-13-8-9-20-12-13/h2-9,12,18H,10-11H2,1H3. The number of fused-ring (bicyclic) bond motifs is 1. The summed E-state index contributed by atoms with van der Waals surface area (Å²) < 4.78 is 5.43. The van der Waals surface area contributed by atoms with Gasteiger partial charge in [-0.15, -0.1) is 0 Å². The molecule has 0 atom stereocenters. The first-order valence-electron chi connectivity index (χ1n) is 6.65. The van der Waals surface area contributed by atoms with Gasteiger partial charge in [0, 0.05) is 18.5 Å². The Morgan fingerprint density at radius 3 is 2.60 bits per heavy atom. The number of hydrogen-bond acceptors (Lipinski definition) is 3. The van der Waals surface area contributed by atoms with Crippen molar-refractivity contribution in [2.24, 2.45) is 0 Å². The molecule has 0 bridgehead atoms. The molecule has 0 radical (unpaired) electrons. The zero-order valence-electron chi connectivity index (χ0n) is 11.4. The number of nitrogens with one attached hydrogen (secondary N) is 1. The van der Waals surface area contributed by atoms with Crippen LogP contribution in [0.3, 0.4) is 0 Å². The molecule has 0 amide bonds. The van der Waals surface area contributed by atoms with Gasteiger partial charge in [0.25, 0.3) is 0 Å². The highest BCUT2D eigenvalue weighted by Gasteiger charge is 2.05. The fourth-order valence-corrected chi connectivity index (χ4v) is 3.07. The van der Waals surface area contributed by atoms with Crippen molar-refractivity contribution in [1.82, 2.24) is 5.32 Å². The van der Waals surface area contributed by atoms with Crippen molar-refractivity contribution in [3.8, 4) is 5.75 Å². The SMILES string of the molecule is COc1ccc(CNCc2ccsc2)c2ccccc12. The van der Waals surface area contributed by atoms with Gasteiger partial charge >= 0.3 is 0 Å². The van der Waals surface area contributed by atoms with E-state index in [4.69, 9.17) is 4.74 Å². The molecule has 2 nitrogen and oxygen atoms in total. The van der Waals surface area contributed by atoms with E-state index in [1.165, 1.54) is 21.9 Å². The van der Waals surface area contributed by atoms with Crippen LogP contribution in [0.25, 0.3) is 10.8 Å². The van der Waals surface area contributed by atoms with Crippen molar-refractivity contribution in [2.75, 3.05) is 7.11 Å². The molecule has 0 aliphatic rings. The van der Waals surface area contributed by atoms with Crippen LogP contribution in [0.1, 0.15) is 11.1 Å². The lowest BCUT2D eigenvalue weighted by molar-refractivity contribution is 0.419. The summed E-state index contributed by atoms with van der Waals surface area (Å²) in [4.78, 5) is 0. The first kappa shape index (κ1) is 13.2. The Hall–Kier alpha value is -1.84. The number of benzene rings is 2. The highest BCUT2D eigenvalue weighted by Crippen LogP contribution is 2.28. The highest BCUT2D eigenvalue weighted by atomic mass is 32.1. The largest absolute Gasteiger partial charge is 0.496 e. The molecule has 0 saturated carbocycles. The van der Waals surface area contributed by atoms with E-state index in [1.54, 1.807) is 18.4 Å². The smallest absolute Gasteiger partial charge is 0.126 e. The van der Waals surface area contributed by atoms with Crippen molar-refractivity contribution in [3.63, 3.8) is 0 Å². The molecule has 3 rings (SSSR count). The van der Waals surface area contributed by atoms with Gasteiger partial charge in [-0.3, -0.25) is 0 Å². The van der Waals surface area contributed by atoms with Gasteiger partial charge in [-0.25, -0.2) is 0 Å². The molecular formula is C17H17NOS. The van der Waals surface area contributed by atoms with E-state index in [1.807, 2.05) is 12.1 Å². The molecule has 1 heterocycles. The molecule has 3 heteroatoms. The second-order valence-corrected chi connectivity index (χ2v) is 5.49. The van der Waals surface area contributed by atoms with Crippen molar-refractivity contribution >= 4 is 22.1 Å². The van der Waals surface area contributed by atoms with Gasteiger partial charge in [0.2, 0.25) is 0 Å². The summed E-state index contributed by atoms with van der Waals surface area (Å²) in [5.74, 6) is 0.933. The van der Waals surface area contributed by atoms with Crippen LogP contribution in [0.2, 0.25) is 0 Å². The number of methoxy groups -OCH3 is 1. The van der Waals surface area contributed by atoms with Crippen molar-refractivity contribution in [1.29, 1.82) is 0 Å². The first-order chi connectivity index (χ1) is 9.88. The van der Waals surface area contributed by atoms with E-state index in [0.29, 0.717) is 0 Å². The molecule has 3 aromatic rings. The van der Waals surface area contributed by atoms with Crippen molar-refractivity contribution in [3.05, 3.63) is 64.4 Å². The van der Waals surface area contributed by atoms with Gasteiger partial charge in [0.15, 0.2) is 0 Å². The first-order valence-corrected chi connectivity index (χ1v) is 7.59. The maximum absolute atomic E-state index is 5.43. The summed E-state index contributed by atoms with van der Waals surface area (Å²) >= 11 is 1.74. The second-order valence-electron chi connectivity index (χ2n) is 4.71. The van der Waals surface area contributed by atoms with Crippen LogP contribution in [0.4, 0.5) is 0 Å². The van der Waals surface area contributed by atoms with Gasteiger partial charge in [-0.05, 0) is 39.4 Å². The number of hydrogen-bond donors (Lipinski definition) is 1. The van der Waals surface area contributed by atoms with Gasteiger partial charge in [-0.2, -0.15) is 11.3 Å². The predicted octanol–water partition coefficient (Wildman–Crippen LogP) is 4.20. The molecule has 1 N–H and O–H groups in total. The van der Waals surface area contributed by atoms with E-state index in [2.05, 4.69) is 46.4 Å². The summed E-state index contributed by atoms with van der Waals surface area (Å²) in [6, 6.07) is 14.7. The average molecular weight is 283 g/mol. The third-order valence-electron chi connectivity index (χ3n) is 3.42. The van der Waals surface area contributed by atoms with Crippen LogP contribution in [-0.2, 0) is 13.1 Å². The Bertz CT molecular complexity index is 691. The van der Waals surface area contributed by atoms with Gasteiger partial charge < -0.3 is 10.1 Å². The zero-order chi connectivity index (χ0) is 13.8. The van der Waals surface area contributed by atoms with Crippen LogP contribution in [-0.4, -0.2) is 7.11 Å². The van der Waals surface area contributed by atoms with Crippen LogP contribution in [0.15, 0.2) is 53.2 Å². The lowest BCUT2D eigenvalue weighted by Gasteiger charge is -2.11.